The number of hydrogen-bond acceptors (Lipinski definition) is 2. The van der Waals surface area contributed by atoms with Crippen LogP contribution >= 0.6 is 0 Å². The lowest BCUT2D eigenvalue weighted by Gasteiger charge is -2.26. The maximum atomic E-state index is 10.9. The highest BCUT2D eigenvalue weighted by Crippen LogP contribution is 2.41. The van der Waals surface area contributed by atoms with E-state index in [-0.39, 0.29) is 6.04 Å². The van der Waals surface area contributed by atoms with E-state index < -0.39 is 6.09 Å². The minimum Gasteiger partial charge on any atom is -0.493 e. The molecule has 2 aromatic carbocycles. The van der Waals surface area contributed by atoms with Crippen molar-refractivity contribution in [2.75, 3.05) is 6.61 Å². The summed E-state index contributed by atoms with van der Waals surface area (Å²) in [6, 6.07) is 14.6. The van der Waals surface area contributed by atoms with Gasteiger partial charge >= 0.3 is 6.09 Å². The second-order valence-corrected chi connectivity index (χ2v) is 6.29. The van der Waals surface area contributed by atoms with E-state index in [4.69, 9.17) is 9.84 Å². The molecule has 2 aromatic rings. The lowest BCUT2D eigenvalue weighted by atomic mass is 9.96. The number of carbonyl (C=O) groups is 1. The van der Waals surface area contributed by atoms with Crippen molar-refractivity contribution in [3.8, 4) is 16.9 Å². The zero-order chi connectivity index (χ0) is 15.8. The first-order chi connectivity index (χ1) is 11.2. The predicted molar refractivity (Wildman–Crippen MR) is 87.9 cm³/mol. The summed E-state index contributed by atoms with van der Waals surface area (Å²) in [6.45, 7) is 0.530. The molecule has 0 saturated heterocycles. The Hall–Kier alpha value is -2.49. The molecule has 1 fully saturated rings. The van der Waals surface area contributed by atoms with Gasteiger partial charge in [0.05, 0.1) is 12.6 Å². The maximum Gasteiger partial charge on any atom is 0.405 e. The fourth-order valence-corrected chi connectivity index (χ4v) is 3.23. The number of carboxylic acid groups (broad SMARTS) is 1. The fraction of sp³-hybridized carbons (Fsp3) is 0.316. The van der Waals surface area contributed by atoms with E-state index >= 15 is 0 Å². The Labute approximate surface area is 135 Å². The Morgan fingerprint density at radius 3 is 2.48 bits per heavy atom. The number of ether oxygens (including phenoxy) is 1. The molecule has 118 valence electrons. The summed E-state index contributed by atoms with van der Waals surface area (Å²) in [5, 5.41) is 11.5. The van der Waals surface area contributed by atoms with Gasteiger partial charge in [0.1, 0.15) is 5.75 Å². The second-order valence-electron chi connectivity index (χ2n) is 6.29. The molecule has 1 aliphatic heterocycles. The summed E-state index contributed by atoms with van der Waals surface area (Å²) in [7, 11) is 0. The molecule has 4 rings (SSSR count). The summed E-state index contributed by atoms with van der Waals surface area (Å²) >= 11 is 0. The average Bonchev–Trinajstić information content (AvgIpc) is 3.39. The van der Waals surface area contributed by atoms with Crippen LogP contribution in [0, 0.1) is 0 Å². The van der Waals surface area contributed by atoms with Crippen LogP contribution in [-0.2, 0) is 0 Å². The first-order valence-electron chi connectivity index (χ1n) is 8.07. The van der Waals surface area contributed by atoms with Crippen molar-refractivity contribution < 1.29 is 14.6 Å². The van der Waals surface area contributed by atoms with Gasteiger partial charge in [-0.2, -0.15) is 0 Å². The van der Waals surface area contributed by atoms with Crippen molar-refractivity contribution >= 4 is 6.09 Å². The van der Waals surface area contributed by atoms with Crippen molar-refractivity contribution in [3.63, 3.8) is 0 Å². The monoisotopic (exact) mass is 309 g/mol. The SMILES string of the molecule is O=C(O)NC1CCOc2cc(-c3ccc(C4CC4)cc3)ccc21. The van der Waals surface area contributed by atoms with Crippen molar-refractivity contribution in [3.05, 3.63) is 53.6 Å². The van der Waals surface area contributed by atoms with Gasteiger partial charge in [-0.15, -0.1) is 0 Å². The van der Waals surface area contributed by atoms with Gasteiger partial charge < -0.3 is 15.2 Å². The van der Waals surface area contributed by atoms with Crippen LogP contribution in [0.2, 0.25) is 0 Å². The van der Waals surface area contributed by atoms with Crippen LogP contribution in [0.5, 0.6) is 5.75 Å². The highest BCUT2D eigenvalue weighted by Gasteiger charge is 2.24. The number of hydrogen-bond donors (Lipinski definition) is 2. The van der Waals surface area contributed by atoms with Crippen molar-refractivity contribution in [2.45, 2.75) is 31.2 Å². The molecule has 4 heteroatoms. The number of benzene rings is 2. The molecule has 0 spiro atoms. The van der Waals surface area contributed by atoms with E-state index in [1.165, 1.54) is 18.4 Å². The summed E-state index contributed by atoms with van der Waals surface area (Å²) in [5.41, 5.74) is 4.60. The van der Waals surface area contributed by atoms with Crippen molar-refractivity contribution in [1.82, 2.24) is 5.32 Å². The van der Waals surface area contributed by atoms with E-state index in [1.54, 1.807) is 0 Å². The largest absolute Gasteiger partial charge is 0.493 e. The molecular weight excluding hydrogens is 290 g/mol. The molecule has 0 bridgehead atoms. The van der Waals surface area contributed by atoms with Gasteiger partial charge in [0.15, 0.2) is 0 Å². The summed E-state index contributed by atoms with van der Waals surface area (Å²) in [4.78, 5) is 10.9. The van der Waals surface area contributed by atoms with E-state index in [0.29, 0.717) is 13.0 Å². The lowest BCUT2D eigenvalue weighted by Crippen LogP contribution is -2.30. The third kappa shape index (κ3) is 2.89. The molecule has 1 amide bonds. The molecular formula is C19H19NO3. The molecule has 1 saturated carbocycles. The van der Waals surface area contributed by atoms with Crippen LogP contribution in [0.3, 0.4) is 0 Å². The van der Waals surface area contributed by atoms with Crippen LogP contribution in [0.15, 0.2) is 42.5 Å². The normalized spacial score (nSPS) is 19.6. The maximum absolute atomic E-state index is 10.9. The molecule has 2 N–H and O–H groups in total. The smallest absolute Gasteiger partial charge is 0.405 e. The van der Waals surface area contributed by atoms with Crippen LogP contribution in [0.4, 0.5) is 4.79 Å². The fourth-order valence-electron chi connectivity index (χ4n) is 3.23. The van der Waals surface area contributed by atoms with E-state index in [1.807, 2.05) is 18.2 Å². The Kier molecular flexibility index (Phi) is 3.45. The van der Waals surface area contributed by atoms with Crippen LogP contribution in [-0.4, -0.2) is 17.8 Å². The highest BCUT2D eigenvalue weighted by atomic mass is 16.5. The zero-order valence-corrected chi connectivity index (χ0v) is 12.8. The van der Waals surface area contributed by atoms with E-state index in [0.717, 1.165) is 28.4 Å². The molecule has 1 atom stereocenters. The molecule has 23 heavy (non-hydrogen) atoms. The Morgan fingerprint density at radius 1 is 1.04 bits per heavy atom. The molecule has 2 aliphatic rings. The number of amides is 1. The van der Waals surface area contributed by atoms with Gasteiger partial charge in [0, 0.05) is 12.0 Å². The highest BCUT2D eigenvalue weighted by molar-refractivity contribution is 5.68. The zero-order valence-electron chi connectivity index (χ0n) is 12.8. The number of rotatable bonds is 3. The Bertz CT molecular complexity index is 735. The Morgan fingerprint density at radius 2 is 1.78 bits per heavy atom. The average molecular weight is 309 g/mol. The van der Waals surface area contributed by atoms with Crippen LogP contribution in [0.1, 0.15) is 42.3 Å². The minimum absolute atomic E-state index is 0.192. The predicted octanol–water partition coefficient (Wildman–Crippen LogP) is 4.32. The number of nitrogens with one attached hydrogen (secondary N) is 1. The third-order valence-electron chi connectivity index (χ3n) is 4.64. The van der Waals surface area contributed by atoms with Gasteiger partial charge in [0.25, 0.3) is 0 Å². The summed E-state index contributed by atoms with van der Waals surface area (Å²) in [6.07, 6.45) is 2.28. The molecule has 1 unspecified atom stereocenters. The number of fused-ring (bicyclic) bond motifs is 1. The van der Waals surface area contributed by atoms with Gasteiger partial charge in [-0.05, 0) is 41.5 Å². The summed E-state index contributed by atoms with van der Waals surface area (Å²) in [5.74, 6) is 1.54. The molecule has 4 nitrogen and oxygen atoms in total. The molecule has 1 aliphatic carbocycles. The van der Waals surface area contributed by atoms with Crippen LogP contribution in [0.25, 0.3) is 11.1 Å². The first-order valence-corrected chi connectivity index (χ1v) is 8.07. The van der Waals surface area contributed by atoms with Gasteiger partial charge in [0.2, 0.25) is 0 Å². The van der Waals surface area contributed by atoms with Gasteiger partial charge in [-0.3, -0.25) is 0 Å². The lowest BCUT2D eigenvalue weighted by molar-refractivity contribution is 0.182. The molecule has 0 aromatic heterocycles. The third-order valence-corrected chi connectivity index (χ3v) is 4.64. The standard InChI is InChI=1S/C19H19NO3/c21-19(22)20-17-9-10-23-18-11-15(7-8-16(17)18)14-5-3-13(4-6-14)12-1-2-12/h3-8,11-12,17,20H,1-2,9-10H2,(H,21,22). The first kappa shape index (κ1) is 14.1. The quantitative estimate of drug-likeness (QED) is 0.887. The van der Waals surface area contributed by atoms with Crippen molar-refractivity contribution in [2.24, 2.45) is 0 Å². The summed E-state index contributed by atoms with van der Waals surface area (Å²) < 4.78 is 5.74. The van der Waals surface area contributed by atoms with Crippen LogP contribution < -0.4 is 10.1 Å². The molecule has 1 heterocycles. The van der Waals surface area contributed by atoms with Gasteiger partial charge in [-0.1, -0.05) is 36.4 Å². The van der Waals surface area contributed by atoms with E-state index in [9.17, 15) is 4.79 Å². The minimum atomic E-state index is -0.998. The van der Waals surface area contributed by atoms with E-state index in [2.05, 4.69) is 29.6 Å². The van der Waals surface area contributed by atoms with Gasteiger partial charge in [-0.25, -0.2) is 4.79 Å². The second kappa shape index (κ2) is 5.61. The Balaban J connectivity index is 1.62. The topological polar surface area (TPSA) is 58.6 Å². The molecule has 0 radical (unpaired) electrons. The van der Waals surface area contributed by atoms with Crippen molar-refractivity contribution in [1.29, 1.82) is 0 Å².